The highest BCUT2D eigenvalue weighted by Crippen LogP contribution is 2.46. The van der Waals surface area contributed by atoms with E-state index in [1.54, 1.807) is 6.07 Å². The number of aromatic carboxylic acids is 1. The van der Waals surface area contributed by atoms with Gasteiger partial charge in [-0.25, -0.2) is 4.79 Å². The molecule has 8 aromatic carbocycles. The average Bonchev–Trinajstić information content (AvgIpc) is 3.02. The molecule has 0 amide bonds. The number of rotatable bonds is 3. The summed E-state index contributed by atoms with van der Waals surface area (Å²) in [6.45, 7) is 0. The van der Waals surface area contributed by atoms with Crippen LogP contribution in [0.15, 0.2) is 140 Å². The molecular weight excluding hydrogens is 500 g/mol. The molecule has 0 aliphatic carbocycles. The Balaban J connectivity index is 1.52. The predicted molar refractivity (Wildman–Crippen MR) is 172 cm³/mol. The molecule has 8 rings (SSSR count). The second kappa shape index (κ2) is 9.04. The smallest absolute Gasteiger partial charge is 0.336 e. The van der Waals surface area contributed by atoms with Crippen molar-refractivity contribution in [2.24, 2.45) is 0 Å². The first kappa shape index (κ1) is 23.4. The van der Waals surface area contributed by atoms with Gasteiger partial charge in [0.05, 0.1) is 5.56 Å². The highest BCUT2D eigenvalue weighted by molar-refractivity contribution is 6.24. The van der Waals surface area contributed by atoms with Crippen LogP contribution in [0.5, 0.6) is 0 Å². The zero-order valence-corrected chi connectivity index (χ0v) is 22.1. The van der Waals surface area contributed by atoms with Crippen LogP contribution in [0.25, 0.3) is 76.1 Å². The van der Waals surface area contributed by atoms with Gasteiger partial charge in [-0.15, -0.1) is 0 Å². The van der Waals surface area contributed by atoms with Gasteiger partial charge in [-0.2, -0.15) is 0 Å². The van der Waals surface area contributed by atoms with E-state index in [4.69, 9.17) is 0 Å². The van der Waals surface area contributed by atoms with Crippen molar-refractivity contribution < 1.29 is 9.90 Å². The summed E-state index contributed by atoms with van der Waals surface area (Å²) >= 11 is 0. The van der Waals surface area contributed by atoms with Gasteiger partial charge in [0.15, 0.2) is 0 Å². The Hall–Kier alpha value is -5.47. The van der Waals surface area contributed by atoms with Gasteiger partial charge >= 0.3 is 5.97 Å². The van der Waals surface area contributed by atoms with E-state index < -0.39 is 5.97 Å². The second-order valence-electron chi connectivity index (χ2n) is 10.6. The molecule has 0 spiro atoms. The number of carbonyl (C=O) groups is 1. The first-order valence-electron chi connectivity index (χ1n) is 13.8. The minimum absolute atomic E-state index is 0.325. The Morgan fingerprint density at radius 3 is 1.61 bits per heavy atom. The molecule has 0 aliphatic rings. The summed E-state index contributed by atoms with van der Waals surface area (Å²) in [6, 6.07) is 48.4. The first-order valence-corrected chi connectivity index (χ1v) is 13.8. The van der Waals surface area contributed by atoms with Crippen LogP contribution in [0.3, 0.4) is 0 Å². The summed E-state index contributed by atoms with van der Waals surface area (Å²) in [6.07, 6.45) is 0. The molecule has 0 aromatic heterocycles. The van der Waals surface area contributed by atoms with E-state index >= 15 is 0 Å². The fourth-order valence-electron chi connectivity index (χ4n) is 6.61. The third-order valence-electron chi connectivity index (χ3n) is 8.37. The molecule has 0 atom stereocenters. The molecule has 0 unspecified atom stereocenters. The highest BCUT2D eigenvalue weighted by atomic mass is 16.4. The fraction of sp³-hybridized carbons (Fsp3) is 0. The Kier molecular flexibility index (Phi) is 5.16. The summed E-state index contributed by atoms with van der Waals surface area (Å²) in [4.78, 5) is 12.2. The van der Waals surface area contributed by atoms with Crippen LogP contribution in [-0.2, 0) is 0 Å². The largest absolute Gasteiger partial charge is 0.478 e. The van der Waals surface area contributed by atoms with Crippen molar-refractivity contribution in [3.05, 3.63) is 145 Å². The zero-order valence-electron chi connectivity index (χ0n) is 22.1. The summed E-state index contributed by atoms with van der Waals surface area (Å²) in [7, 11) is 0. The number of carboxylic acid groups (broad SMARTS) is 1. The van der Waals surface area contributed by atoms with Crippen molar-refractivity contribution in [3.63, 3.8) is 0 Å². The van der Waals surface area contributed by atoms with Crippen molar-refractivity contribution in [3.8, 4) is 22.3 Å². The van der Waals surface area contributed by atoms with Crippen LogP contribution >= 0.6 is 0 Å². The third-order valence-corrected chi connectivity index (χ3v) is 8.37. The third kappa shape index (κ3) is 3.54. The molecule has 1 N–H and O–H groups in total. The Bertz CT molecular complexity index is 2280. The van der Waals surface area contributed by atoms with Gasteiger partial charge in [0.1, 0.15) is 0 Å². The first-order chi connectivity index (χ1) is 20.2. The maximum Gasteiger partial charge on any atom is 0.336 e. The minimum Gasteiger partial charge on any atom is -0.478 e. The molecular formula is C39H24O2. The van der Waals surface area contributed by atoms with Gasteiger partial charge in [-0.05, 0) is 88.2 Å². The highest BCUT2D eigenvalue weighted by Gasteiger charge is 2.19. The number of hydrogen-bond donors (Lipinski definition) is 1. The van der Waals surface area contributed by atoms with E-state index in [0.29, 0.717) is 5.56 Å². The van der Waals surface area contributed by atoms with Crippen molar-refractivity contribution in [1.82, 2.24) is 0 Å². The monoisotopic (exact) mass is 524 g/mol. The van der Waals surface area contributed by atoms with Crippen molar-refractivity contribution >= 4 is 59.8 Å². The molecule has 0 saturated carbocycles. The predicted octanol–water partition coefficient (Wildman–Crippen LogP) is 10.5. The van der Waals surface area contributed by atoms with Crippen LogP contribution in [0, 0.1) is 0 Å². The Morgan fingerprint density at radius 2 is 0.951 bits per heavy atom. The maximum absolute atomic E-state index is 12.2. The molecule has 0 radical (unpaired) electrons. The number of benzene rings is 8. The number of fused-ring (bicyclic) bond motifs is 6. The molecule has 0 aliphatic heterocycles. The van der Waals surface area contributed by atoms with Gasteiger partial charge in [0.2, 0.25) is 0 Å². The lowest BCUT2D eigenvalue weighted by molar-refractivity contribution is 0.0699. The number of hydrogen-bond acceptors (Lipinski definition) is 1. The van der Waals surface area contributed by atoms with E-state index in [2.05, 4.69) is 109 Å². The van der Waals surface area contributed by atoms with E-state index in [-0.39, 0.29) is 0 Å². The second-order valence-corrected chi connectivity index (χ2v) is 10.6. The summed E-state index contributed by atoms with van der Waals surface area (Å²) in [5.74, 6) is -0.913. The van der Waals surface area contributed by atoms with Crippen LogP contribution in [0.2, 0.25) is 0 Å². The average molecular weight is 525 g/mol. The quantitative estimate of drug-likeness (QED) is 0.184. The van der Waals surface area contributed by atoms with E-state index in [9.17, 15) is 9.90 Å². The molecule has 0 saturated heterocycles. The molecule has 192 valence electrons. The molecule has 8 aromatic rings. The standard InChI is InChI=1S/C39H24O2/c40-39(41)36-22-25-11-2-4-14-28(25)35-23-26(20-21-29(35)36)37-31-15-5-7-17-33(31)38(34-18-8-6-16-32(34)37)30-19-9-12-24-10-1-3-13-27(24)30/h1-23H,(H,40,41). The maximum atomic E-state index is 12.2. The fourth-order valence-corrected chi connectivity index (χ4v) is 6.61. The summed E-state index contributed by atoms with van der Waals surface area (Å²) in [5.41, 5.74) is 5.01. The molecule has 41 heavy (non-hydrogen) atoms. The van der Waals surface area contributed by atoms with Gasteiger partial charge < -0.3 is 5.11 Å². The molecule has 0 heterocycles. The molecule has 2 heteroatoms. The lowest BCUT2D eigenvalue weighted by Gasteiger charge is -2.19. The van der Waals surface area contributed by atoms with Crippen LogP contribution in [0.4, 0.5) is 0 Å². The van der Waals surface area contributed by atoms with Crippen LogP contribution in [0.1, 0.15) is 10.4 Å². The number of carboxylic acids is 1. The summed E-state index contributed by atoms with van der Waals surface area (Å²) < 4.78 is 0. The van der Waals surface area contributed by atoms with E-state index in [0.717, 1.165) is 32.7 Å². The summed E-state index contributed by atoms with van der Waals surface area (Å²) in [5, 5.41) is 20.9. The van der Waals surface area contributed by atoms with E-state index in [1.165, 1.54) is 43.4 Å². The van der Waals surface area contributed by atoms with Gasteiger partial charge in [0, 0.05) is 0 Å². The molecule has 0 bridgehead atoms. The Morgan fingerprint density at radius 1 is 0.415 bits per heavy atom. The van der Waals surface area contributed by atoms with Crippen molar-refractivity contribution in [2.75, 3.05) is 0 Å². The SMILES string of the molecule is O=C(O)c1cc2ccccc2c2cc(-c3c4ccccc4c(-c4cccc5ccccc45)c4ccccc34)ccc12. The van der Waals surface area contributed by atoms with Crippen molar-refractivity contribution in [2.45, 2.75) is 0 Å². The molecule has 2 nitrogen and oxygen atoms in total. The van der Waals surface area contributed by atoms with Gasteiger partial charge in [0.25, 0.3) is 0 Å². The minimum atomic E-state index is -0.913. The Labute approximate surface area is 236 Å². The topological polar surface area (TPSA) is 37.3 Å². The molecule has 0 fully saturated rings. The lowest BCUT2D eigenvalue weighted by atomic mass is 9.84. The van der Waals surface area contributed by atoms with Crippen LogP contribution < -0.4 is 0 Å². The van der Waals surface area contributed by atoms with Crippen LogP contribution in [-0.4, -0.2) is 11.1 Å². The van der Waals surface area contributed by atoms with Gasteiger partial charge in [-0.1, -0.05) is 127 Å². The zero-order chi connectivity index (χ0) is 27.5. The van der Waals surface area contributed by atoms with Crippen molar-refractivity contribution in [1.29, 1.82) is 0 Å². The normalized spacial score (nSPS) is 11.6. The lowest BCUT2D eigenvalue weighted by Crippen LogP contribution is -1.98. The van der Waals surface area contributed by atoms with Gasteiger partial charge in [-0.3, -0.25) is 0 Å². The van der Waals surface area contributed by atoms with E-state index in [1.807, 2.05) is 24.3 Å².